The van der Waals surface area contributed by atoms with Crippen LogP contribution in [0.2, 0.25) is 0 Å². The van der Waals surface area contributed by atoms with Crippen LogP contribution >= 0.6 is 0 Å². The minimum atomic E-state index is -1.11. The van der Waals surface area contributed by atoms with Gasteiger partial charge in [-0.1, -0.05) is 36.4 Å². The van der Waals surface area contributed by atoms with Gasteiger partial charge < -0.3 is 9.64 Å². The standard InChI is InChI=1S/C23H22F2N2O4/c1-14-18(12-21(29)31-13-16-7-5-4-6-8-16)22(17-9-10-19(24)20(25)11-17)27(15(2)28)23(30)26(14)3/h4-11,22H,12-13H2,1-3H3. The van der Waals surface area contributed by atoms with E-state index < -0.39 is 35.6 Å². The van der Waals surface area contributed by atoms with E-state index in [2.05, 4.69) is 0 Å². The molecule has 0 saturated heterocycles. The normalized spacial score (nSPS) is 16.5. The fourth-order valence-electron chi connectivity index (χ4n) is 3.50. The molecule has 6 nitrogen and oxygen atoms in total. The van der Waals surface area contributed by atoms with E-state index in [4.69, 9.17) is 4.74 Å². The van der Waals surface area contributed by atoms with E-state index in [0.717, 1.165) is 22.6 Å². The van der Waals surface area contributed by atoms with Crippen molar-refractivity contribution in [3.63, 3.8) is 0 Å². The zero-order valence-electron chi connectivity index (χ0n) is 17.4. The van der Waals surface area contributed by atoms with E-state index in [-0.39, 0.29) is 18.6 Å². The van der Waals surface area contributed by atoms with Gasteiger partial charge in [0.05, 0.1) is 12.5 Å². The fraction of sp³-hybridized carbons (Fsp3) is 0.261. The van der Waals surface area contributed by atoms with Crippen LogP contribution in [0.15, 0.2) is 59.8 Å². The first-order valence-electron chi connectivity index (χ1n) is 9.62. The van der Waals surface area contributed by atoms with Crippen LogP contribution in [0.25, 0.3) is 0 Å². The van der Waals surface area contributed by atoms with Gasteiger partial charge >= 0.3 is 12.0 Å². The van der Waals surface area contributed by atoms with Crippen LogP contribution in [0.3, 0.4) is 0 Å². The van der Waals surface area contributed by atoms with E-state index in [1.807, 2.05) is 30.3 Å². The lowest BCUT2D eigenvalue weighted by molar-refractivity contribution is -0.144. The molecule has 0 aliphatic carbocycles. The number of imide groups is 1. The molecule has 3 amide bonds. The third kappa shape index (κ3) is 4.63. The smallest absolute Gasteiger partial charge is 0.331 e. The van der Waals surface area contributed by atoms with E-state index >= 15 is 0 Å². The second-order valence-electron chi connectivity index (χ2n) is 7.24. The molecule has 31 heavy (non-hydrogen) atoms. The van der Waals surface area contributed by atoms with Gasteiger partial charge in [0.25, 0.3) is 0 Å². The predicted octanol–water partition coefficient (Wildman–Crippen LogP) is 4.33. The first kappa shape index (κ1) is 22.1. The first-order valence-corrected chi connectivity index (χ1v) is 9.62. The number of hydrogen-bond donors (Lipinski definition) is 0. The van der Waals surface area contributed by atoms with Crippen molar-refractivity contribution in [1.82, 2.24) is 9.80 Å². The maximum Gasteiger partial charge on any atom is 0.331 e. The van der Waals surface area contributed by atoms with Crippen LogP contribution in [-0.2, 0) is 20.9 Å². The molecular weight excluding hydrogens is 406 g/mol. The molecule has 1 aliphatic heterocycles. The minimum Gasteiger partial charge on any atom is -0.461 e. The fourth-order valence-corrected chi connectivity index (χ4v) is 3.50. The summed E-state index contributed by atoms with van der Waals surface area (Å²) in [7, 11) is 1.48. The van der Waals surface area contributed by atoms with Crippen molar-refractivity contribution < 1.29 is 27.9 Å². The number of ether oxygens (including phenoxy) is 1. The van der Waals surface area contributed by atoms with Crippen LogP contribution in [-0.4, -0.2) is 34.8 Å². The lowest BCUT2D eigenvalue weighted by Crippen LogP contribution is -2.50. The molecule has 0 N–H and O–H groups in total. The molecule has 0 saturated carbocycles. The molecule has 2 aromatic carbocycles. The van der Waals surface area contributed by atoms with Crippen LogP contribution in [0.5, 0.6) is 0 Å². The highest BCUT2D eigenvalue weighted by Crippen LogP contribution is 2.39. The summed E-state index contributed by atoms with van der Waals surface area (Å²) < 4.78 is 32.8. The monoisotopic (exact) mass is 428 g/mol. The number of halogens is 2. The Labute approximate surface area is 178 Å². The molecule has 0 bridgehead atoms. The number of hydrogen-bond acceptors (Lipinski definition) is 4. The second kappa shape index (κ2) is 9.07. The summed E-state index contributed by atoms with van der Waals surface area (Å²) in [4.78, 5) is 39.9. The number of urea groups is 1. The Bertz CT molecular complexity index is 1050. The SMILES string of the molecule is CC(=O)N1C(=O)N(C)C(C)=C(CC(=O)OCc2ccccc2)C1c1ccc(F)c(F)c1. The lowest BCUT2D eigenvalue weighted by Gasteiger charge is -2.40. The number of rotatable bonds is 5. The van der Waals surface area contributed by atoms with Crippen molar-refractivity contribution in [2.24, 2.45) is 0 Å². The Kier molecular flexibility index (Phi) is 6.48. The number of esters is 1. The van der Waals surface area contributed by atoms with Crippen molar-refractivity contribution in [1.29, 1.82) is 0 Å². The minimum absolute atomic E-state index is 0.0625. The average Bonchev–Trinajstić information content (AvgIpc) is 2.75. The zero-order valence-corrected chi connectivity index (χ0v) is 17.4. The molecule has 1 unspecified atom stereocenters. The van der Waals surface area contributed by atoms with Gasteiger partial charge in [0.2, 0.25) is 5.91 Å². The summed E-state index contributed by atoms with van der Waals surface area (Å²) >= 11 is 0. The lowest BCUT2D eigenvalue weighted by atomic mass is 9.91. The molecule has 2 aromatic rings. The number of amides is 3. The Morgan fingerprint density at radius 1 is 1.06 bits per heavy atom. The Morgan fingerprint density at radius 3 is 2.35 bits per heavy atom. The van der Waals surface area contributed by atoms with Gasteiger partial charge in [-0.15, -0.1) is 0 Å². The summed E-state index contributed by atoms with van der Waals surface area (Å²) in [5.74, 6) is -3.33. The van der Waals surface area contributed by atoms with Crippen molar-refractivity contribution in [2.45, 2.75) is 32.9 Å². The molecule has 0 spiro atoms. The van der Waals surface area contributed by atoms with Gasteiger partial charge in [-0.25, -0.2) is 13.6 Å². The number of allylic oxidation sites excluding steroid dienone is 1. The number of carbonyl (C=O) groups excluding carboxylic acids is 3. The van der Waals surface area contributed by atoms with Gasteiger partial charge in [0.1, 0.15) is 6.61 Å². The van der Waals surface area contributed by atoms with Gasteiger partial charge in [-0.3, -0.25) is 14.5 Å². The Balaban J connectivity index is 1.96. The molecule has 0 radical (unpaired) electrons. The maximum absolute atomic E-state index is 13.9. The summed E-state index contributed by atoms with van der Waals surface area (Å²) in [6, 6.07) is 10.6. The van der Waals surface area contributed by atoms with Crippen LogP contribution in [0.1, 0.15) is 37.4 Å². The molecule has 3 rings (SSSR count). The summed E-state index contributed by atoms with van der Waals surface area (Å²) in [5, 5.41) is 0. The van der Waals surface area contributed by atoms with Crippen molar-refractivity contribution in [3.05, 3.63) is 82.6 Å². The summed E-state index contributed by atoms with van der Waals surface area (Å²) in [6.45, 7) is 2.89. The number of nitrogens with zero attached hydrogens (tertiary/aromatic N) is 2. The van der Waals surface area contributed by atoms with Crippen molar-refractivity contribution in [3.8, 4) is 0 Å². The second-order valence-corrected chi connectivity index (χ2v) is 7.24. The van der Waals surface area contributed by atoms with E-state index in [9.17, 15) is 23.2 Å². The van der Waals surface area contributed by atoms with E-state index in [0.29, 0.717) is 11.3 Å². The molecule has 0 fully saturated rings. The highest BCUT2D eigenvalue weighted by atomic mass is 19.2. The third-order valence-corrected chi connectivity index (χ3v) is 5.23. The van der Waals surface area contributed by atoms with E-state index in [1.54, 1.807) is 6.92 Å². The quantitative estimate of drug-likeness (QED) is 0.665. The Morgan fingerprint density at radius 2 is 1.74 bits per heavy atom. The van der Waals surface area contributed by atoms with Gasteiger partial charge in [-0.2, -0.15) is 0 Å². The van der Waals surface area contributed by atoms with Gasteiger partial charge in [-0.05, 0) is 35.8 Å². The highest BCUT2D eigenvalue weighted by molar-refractivity contribution is 5.96. The van der Waals surface area contributed by atoms with Crippen LogP contribution in [0, 0.1) is 11.6 Å². The maximum atomic E-state index is 13.9. The topological polar surface area (TPSA) is 66.9 Å². The van der Waals surface area contributed by atoms with Crippen LogP contribution < -0.4 is 0 Å². The zero-order chi connectivity index (χ0) is 22.7. The Hall–Kier alpha value is -3.55. The molecule has 162 valence electrons. The third-order valence-electron chi connectivity index (χ3n) is 5.23. The molecule has 1 heterocycles. The molecule has 8 heteroatoms. The first-order chi connectivity index (χ1) is 14.7. The summed E-state index contributed by atoms with van der Waals surface area (Å²) in [5.41, 5.74) is 1.82. The van der Waals surface area contributed by atoms with E-state index in [1.165, 1.54) is 24.9 Å². The number of carbonyl (C=O) groups is 3. The van der Waals surface area contributed by atoms with Crippen molar-refractivity contribution >= 4 is 17.9 Å². The highest BCUT2D eigenvalue weighted by Gasteiger charge is 2.40. The molecular formula is C23H22F2N2O4. The summed E-state index contributed by atoms with van der Waals surface area (Å²) in [6.07, 6.45) is -0.232. The van der Waals surface area contributed by atoms with Crippen LogP contribution in [0.4, 0.5) is 13.6 Å². The molecule has 0 aromatic heterocycles. The largest absolute Gasteiger partial charge is 0.461 e. The van der Waals surface area contributed by atoms with Gasteiger partial charge in [0.15, 0.2) is 11.6 Å². The number of benzene rings is 2. The van der Waals surface area contributed by atoms with Crippen molar-refractivity contribution in [2.75, 3.05) is 7.05 Å². The molecule has 1 atom stereocenters. The van der Waals surface area contributed by atoms with Gasteiger partial charge in [0, 0.05) is 19.7 Å². The average molecular weight is 428 g/mol. The predicted molar refractivity (Wildman–Crippen MR) is 108 cm³/mol. The molecule has 1 aliphatic rings.